The molecule has 0 bridgehead atoms. The summed E-state index contributed by atoms with van der Waals surface area (Å²) in [5, 5.41) is 0. The van der Waals surface area contributed by atoms with E-state index in [9.17, 15) is 4.79 Å². The maximum absolute atomic E-state index is 11.3. The summed E-state index contributed by atoms with van der Waals surface area (Å²) < 4.78 is 5.11. The van der Waals surface area contributed by atoms with Crippen molar-refractivity contribution in [3.8, 4) is 0 Å². The summed E-state index contributed by atoms with van der Waals surface area (Å²) in [5.74, 6) is -0.251. The summed E-state index contributed by atoms with van der Waals surface area (Å²) in [4.78, 5) is 11.3. The van der Waals surface area contributed by atoms with Gasteiger partial charge in [-0.2, -0.15) is 0 Å². The van der Waals surface area contributed by atoms with Crippen LogP contribution in [0.25, 0.3) is 0 Å². The quantitative estimate of drug-likeness (QED) is 0.0744. The van der Waals surface area contributed by atoms with Gasteiger partial charge in [0.1, 0.15) is 0 Å². The Labute approximate surface area is 202 Å². The molecule has 0 aliphatic heterocycles. The predicted octanol–water partition coefficient (Wildman–Crippen LogP) is 10.5. The monoisotopic (exact) mass is 450 g/mol. The Bertz CT molecular complexity index is 402. The molecule has 0 rings (SSSR count). The van der Waals surface area contributed by atoms with E-state index < -0.39 is 0 Å². The molecule has 0 atom stereocenters. The van der Waals surface area contributed by atoms with Gasteiger partial charge in [-0.15, -0.1) is 0 Å². The van der Waals surface area contributed by atoms with Crippen molar-refractivity contribution in [2.24, 2.45) is 0 Å². The van der Waals surface area contributed by atoms with Crippen molar-refractivity contribution in [1.29, 1.82) is 0 Å². The van der Waals surface area contributed by atoms with Gasteiger partial charge < -0.3 is 4.74 Å². The Balaban J connectivity index is 3.05. The smallest absolute Gasteiger partial charge is 0.333 e. The first kappa shape index (κ1) is 31.2. The van der Waals surface area contributed by atoms with E-state index in [0.29, 0.717) is 12.2 Å². The summed E-state index contributed by atoms with van der Waals surface area (Å²) in [6.45, 7) is 8.13. The van der Waals surface area contributed by atoms with E-state index in [1.54, 1.807) is 6.92 Å². The second-order valence-electron chi connectivity index (χ2n) is 10.0. The van der Waals surface area contributed by atoms with Crippen LogP contribution < -0.4 is 0 Å². The Morgan fingerprint density at radius 1 is 0.500 bits per heavy atom. The maximum atomic E-state index is 11.3. The van der Waals surface area contributed by atoms with Crippen molar-refractivity contribution in [2.75, 3.05) is 6.61 Å². The number of carbonyl (C=O) groups excluding carboxylic acids is 1. The highest BCUT2D eigenvalue weighted by atomic mass is 16.5. The molecule has 0 saturated heterocycles. The lowest BCUT2D eigenvalue weighted by molar-refractivity contribution is -0.139. The zero-order valence-corrected chi connectivity index (χ0v) is 22.2. The number of carbonyl (C=O) groups is 1. The molecule has 0 aliphatic carbocycles. The van der Waals surface area contributed by atoms with E-state index >= 15 is 0 Å². The fourth-order valence-electron chi connectivity index (χ4n) is 4.35. The van der Waals surface area contributed by atoms with Crippen LogP contribution >= 0.6 is 0 Å². The molecular weight excluding hydrogens is 392 g/mol. The van der Waals surface area contributed by atoms with E-state index in [4.69, 9.17) is 4.74 Å². The molecule has 0 amide bonds. The Kier molecular flexibility index (Phi) is 25.8. The molecule has 0 spiro atoms. The van der Waals surface area contributed by atoms with Gasteiger partial charge in [-0.05, 0) is 13.3 Å². The van der Waals surface area contributed by atoms with Gasteiger partial charge in [0, 0.05) is 5.57 Å². The average molecular weight is 451 g/mol. The second-order valence-corrected chi connectivity index (χ2v) is 10.0. The lowest BCUT2D eigenvalue weighted by Gasteiger charge is -2.05. The van der Waals surface area contributed by atoms with Crippen LogP contribution in [0.4, 0.5) is 0 Å². The van der Waals surface area contributed by atoms with Crippen LogP contribution in [-0.2, 0) is 9.53 Å². The van der Waals surface area contributed by atoms with Crippen molar-refractivity contribution in [3.63, 3.8) is 0 Å². The Hall–Kier alpha value is -0.790. The molecule has 0 aromatic carbocycles. The van der Waals surface area contributed by atoms with E-state index in [2.05, 4.69) is 13.5 Å². The van der Waals surface area contributed by atoms with Crippen LogP contribution in [0.15, 0.2) is 12.2 Å². The normalized spacial score (nSPS) is 11.1. The predicted molar refractivity (Wildman–Crippen MR) is 142 cm³/mol. The minimum atomic E-state index is -0.251. The lowest BCUT2D eigenvalue weighted by atomic mass is 10.0. The molecule has 0 aliphatic rings. The van der Waals surface area contributed by atoms with Crippen LogP contribution in [-0.4, -0.2) is 12.6 Å². The average Bonchev–Trinajstić information content (AvgIpc) is 2.78. The van der Waals surface area contributed by atoms with E-state index in [-0.39, 0.29) is 5.97 Å². The third-order valence-corrected chi connectivity index (χ3v) is 6.58. The first-order valence-corrected chi connectivity index (χ1v) is 14.5. The highest BCUT2D eigenvalue weighted by molar-refractivity contribution is 5.86. The summed E-state index contributed by atoms with van der Waals surface area (Å²) in [6, 6.07) is 0. The van der Waals surface area contributed by atoms with Crippen LogP contribution in [0.1, 0.15) is 168 Å². The first-order chi connectivity index (χ1) is 15.7. The summed E-state index contributed by atoms with van der Waals surface area (Å²) in [6.07, 6.45) is 33.6. The van der Waals surface area contributed by atoms with Gasteiger partial charge in [0.15, 0.2) is 0 Å². The zero-order valence-electron chi connectivity index (χ0n) is 22.2. The highest BCUT2D eigenvalue weighted by Gasteiger charge is 2.01. The van der Waals surface area contributed by atoms with E-state index in [1.165, 1.54) is 148 Å². The number of rotatable bonds is 26. The minimum absolute atomic E-state index is 0.251. The lowest BCUT2D eigenvalue weighted by Crippen LogP contribution is -2.05. The topological polar surface area (TPSA) is 26.3 Å². The molecule has 0 heterocycles. The van der Waals surface area contributed by atoms with Gasteiger partial charge in [-0.3, -0.25) is 0 Å². The molecule has 0 saturated carbocycles. The molecule has 0 fully saturated rings. The maximum Gasteiger partial charge on any atom is 0.333 e. The molecule has 0 unspecified atom stereocenters. The van der Waals surface area contributed by atoms with Crippen molar-refractivity contribution < 1.29 is 9.53 Å². The SMILES string of the molecule is C=C(C)C(=O)OCCCCCCCCCCCCCCCCCCCCCCCCCC. The molecule has 190 valence electrons. The first-order valence-electron chi connectivity index (χ1n) is 14.5. The number of unbranched alkanes of at least 4 members (excludes halogenated alkanes) is 23. The molecule has 0 N–H and O–H groups in total. The molecule has 0 aromatic heterocycles. The van der Waals surface area contributed by atoms with Gasteiger partial charge in [0.25, 0.3) is 0 Å². The molecular formula is C30H58O2. The summed E-state index contributed by atoms with van der Waals surface area (Å²) >= 11 is 0. The number of ether oxygens (including phenoxy) is 1. The summed E-state index contributed by atoms with van der Waals surface area (Å²) in [7, 11) is 0. The van der Waals surface area contributed by atoms with Crippen LogP contribution in [0.2, 0.25) is 0 Å². The number of hydrogen-bond acceptors (Lipinski definition) is 2. The van der Waals surface area contributed by atoms with Crippen molar-refractivity contribution in [3.05, 3.63) is 12.2 Å². The highest BCUT2D eigenvalue weighted by Crippen LogP contribution is 2.15. The second kappa shape index (κ2) is 26.5. The standard InChI is InChI=1S/C30H58O2/c1-4-5-6-7-8-9-10-11-12-13-14-15-16-17-18-19-20-21-22-23-24-25-26-27-28-32-30(31)29(2)3/h2,4-28H2,1,3H3. The molecule has 0 radical (unpaired) electrons. The van der Waals surface area contributed by atoms with Crippen molar-refractivity contribution >= 4 is 5.97 Å². The largest absolute Gasteiger partial charge is 0.462 e. The van der Waals surface area contributed by atoms with E-state index in [1.807, 2.05) is 0 Å². The zero-order chi connectivity index (χ0) is 23.5. The van der Waals surface area contributed by atoms with Crippen molar-refractivity contribution in [2.45, 2.75) is 168 Å². The van der Waals surface area contributed by atoms with Crippen LogP contribution in [0.5, 0.6) is 0 Å². The van der Waals surface area contributed by atoms with Gasteiger partial charge in [0.2, 0.25) is 0 Å². The Morgan fingerprint density at radius 2 is 0.750 bits per heavy atom. The minimum Gasteiger partial charge on any atom is -0.462 e. The fraction of sp³-hybridized carbons (Fsp3) is 0.900. The van der Waals surface area contributed by atoms with Crippen molar-refractivity contribution in [1.82, 2.24) is 0 Å². The van der Waals surface area contributed by atoms with E-state index in [0.717, 1.165) is 6.42 Å². The number of esters is 1. The van der Waals surface area contributed by atoms with Crippen LogP contribution in [0.3, 0.4) is 0 Å². The molecule has 2 nitrogen and oxygen atoms in total. The van der Waals surface area contributed by atoms with Gasteiger partial charge in [0.05, 0.1) is 6.61 Å². The number of hydrogen-bond donors (Lipinski definition) is 0. The fourth-order valence-corrected chi connectivity index (χ4v) is 4.35. The summed E-state index contributed by atoms with van der Waals surface area (Å²) in [5.41, 5.74) is 0.495. The Morgan fingerprint density at radius 3 is 1.00 bits per heavy atom. The third-order valence-electron chi connectivity index (χ3n) is 6.58. The molecule has 2 heteroatoms. The van der Waals surface area contributed by atoms with Gasteiger partial charge in [-0.1, -0.05) is 161 Å². The molecule has 0 aromatic rings. The molecule has 32 heavy (non-hydrogen) atoms. The van der Waals surface area contributed by atoms with Gasteiger partial charge >= 0.3 is 5.97 Å². The van der Waals surface area contributed by atoms with Gasteiger partial charge in [-0.25, -0.2) is 4.79 Å². The third kappa shape index (κ3) is 25.5. The van der Waals surface area contributed by atoms with Crippen LogP contribution in [0, 0.1) is 0 Å².